The molecule has 1 heterocycles. The van der Waals surface area contributed by atoms with Crippen LogP contribution in [0.1, 0.15) is 49.9 Å². The van der Waals surface area contributed by atoms with Gasteiger partial charge in [0.1, 0.15) is 22.6 Å². The molecule has 0 aromatic heterocycles. The molecule has 0 bridgehead atoms. The van der Waals surface area contributed by atoms with Crippen molar-refractivity contribution in [2.45, 2.75) is 27.4 Å². The Hall–Kier alpha value is -3.85. The maximum atomic E-state index is 13.0. The first-order chi connectivity index (χ1) is 14.6. The van der Waals surface area contributed by atoms with Crippen molar-refractivity contribution in [3.05, 3.63) is 45.5 Å². The number of benzene rings is 2. The van der Waals surface area contributed by atoms with Gasteiger partial charge in [0.2, 0.25) is 0 Å². The first-order valence-corrected chi connectivity index (χ1v) is 9.14. The fourth-order valence-corrected chi connectivity index (χ4v) is 3.38. The van der Waals surface area contributed by atoms with E-state index >= 15 is 0 Å². The molecule has 1 aliphatic heterocycles. The third kappa shape index (κ3) is 3.71. The number of hydrogen-bond donors (Lipinski definition) is 3. The largest absolute Gasteiger partial charge is 0.507 e. The molecule has 9 nitrogen and oxygen atoms in total. The van der Waals surface area contributed by atoms with Crippen molar-refractivity contribution in [1.82, 2.24) is 0 Å². The zero-order valence-corrected chi connectivity index (χ0v) is 17.2. The van der Waals surface area contributed by atoms with Crippen LogP contribution in [0.25, 0.3) is 6.08 Å². The molecule has 9 heteroatoms. The van der Waals surface area contributed by atoms with E-state index in [0.29, 0.717) is 5.56 Å². The van der Waals surface area contributed by atoms with E-state index in [0.717, 1.165) is 0 Å². The number of aromatic hydroxyl groups is 2. The Morgan fingerprint density at radius 2 is 1.81 bits per heavy atom. The summed E-state index contributed by atoms with van der Waals surface area (Å²) in [7, 11) is 1.33. The number of carboxylic acids is 1. The van der Waals surface area contributed by atoms with Gasteiger partial charge in [0, 0.05) is 12.7 Å². The van der Waals surface area contributed by atoms with Crippen LogP contribution < -0.4 is 9.47 Å². The Morgan fingerprint density at radius 1 is 1.13 bits per heavy atom. The van der Waals surface area contributed by atoms with E-state index in [-0.39, 0.29) is 57.6 Å². The Morgan fingerprint density at radius 3 is 2.39 bits per heavy atom. The zero-order valence-electron chi connectivity index (χ0n) is 17.2. The molecule has 31 heavy (non-hydrogen) atoms. The van der Waals surface area contributed by atoms with Crippen LogP contribution in [0.2, 0.25) is 0 Å². The van der Waals surface area contributed by atoms with Gasteiger partial charge in [-0.15, -0.1) is 0 Å². The number of phenols is 2. The molecular formula is C22H20O9. The number of rotatable bonds is 5. The fraction of sp³-hybridized carbons (Fsp3) is 0.227. The van der Waals surface area contributed by atoms with Gasteiger partial charge in [-0.3, -0.25) is 4.79 Å². The predicted molar refractivity (Wildman–Crippen MR) is 108 cm³/mol. The summed E-state index contributed by atoms with van der Waals surface area (Å²) in [5, 5.41) is 30.6. The number of carbonyl (C=O) groups is 3. The summed E-state index contributed by atoms with van der Waals surface area (Å²) >= 11 is 0. The topological polar surface area (TPSA) is 140 Å². The zero-order chi connectivity index (χ0) is 23.0. The quantitative estimate of drug-likeness (QED) is 0.371. The van der Waals surface area contributed by atoms with Crippen molar-refractivity contribution in [2.24, 2.45) is 0 Å². The summed E-state index contributed by atoms with van der Waals surface area (Å²) in [4.78, 5) is 36.2. The number of ketones is 1. The third-order valence-electron chi connectivity index (χ3n) is 4.80. The summed E-state index contributed by atoms with van der Waals surface area (Å²) in [6.45, 7) is 4.00. The lowest BCUT2D eigenvalue weighted by atomic mass is 10.00. The van der Waals surface area contributed by atoms with Gasteiger partial charge in [0.25, 0.3) is 0 Å². The highest BCUT2D eigenvalue weighted by atomic mass is 16.6. The molecule has 3 rings (SSSR count). The molecule has 0 radical (unpaired) electrons. The normalized spacial score (nSPS) is 12.6. The highest BCUT2D eigenvalue weighted by molar-refractivity contribution is 6.02. The van der Waals surface area contributed by atoms with Crippen molar-refractivity contribution in [3.8, 4) is 28.7 Å². The lowest BCUT2D eigenvalue weighted by Crippen LogP contribution is -2.12. The minimum absolute atomic E-state index is 0.00277. The van der Waals surface area contributed by atoms with Crippen LogP contribution in [0.4, 0.5) is 0 Å². The minimum Gasteiger partial charge on any atom is -0.507 e. The van der Waals surface area contributed by atoms with E-state index in [1.807, 2.05) is 0 Å². The van der Waals surface area contributed by atoms with E-state index in [9.17, 15) is 29.7 Å². The molecule has 2 aromatic rings. The molecule has 162 valence electrons. The molecule has 1 aliphatic rings. The summed E-state index contributed by atoms with van der Waals surface area (Å²) in [5.41, 5.74) is -0.163. The number of ether oxygens (including phenoxy) is 3. The maximum absolute atomic E-state index is 13.0. The number of allylic oxidation sites excluding steroid dienone is 1. The second-order valence-electron chi connectivity index (χ2n) is 6.99. The average Bonchev–Trinajstić information content (AvgIpc) is 2.81. The monoisotopic (exact) mass is 428 g/mol. The van der Waals surface area contributed by atoms with Crippen LogP contribution in [0, 0.1) is 13.8 Å². The van der Waals surface area contributed by atoms with Gasteiger partial charge >= 0.3 is 11.9 Å². The molecule has 0 saturated carbocycles. The summed E-state index contributed by atoms with van der Waals surface area (Å²) in [6, 6.07) is 1.32. The van der Waals surface area contributed by atoms with Crippen molar-refractivity contribution in [2.75, 3.05) is 7.11 Å². The summed E-state index contributed by atoms with van der Waals surface area (Å²) in [6.07, 6.45) is 2.48. The van der Waals surface area contributed by atoms with Gasteiger partial charge in [-0.05, 0) is 44.6 Å². The number of hydrogen-bond acceptors (Lipinski definition) is 8. The number of phenolic OH excluding ortho intramolecular Hbond substituents is 1. The molecule has 2 aromatic carbocycles. The van der Waals surface area contributed by atoms with Gasteiger partial charge < -0.3 is 29.5 Å². The molecular weight excluding hydrogens is 408 g/mol. The molecule has 0 amide bonds. The van der Waals surface area contributed by atoms with Crippen molar-refractivity contribution in [3.63, 3.8) is 0 Å². The molecule has 0 unspecified atom stereocenters. The molecule has 0 aliphatic carbocycles. The predicted octanol–water partition coefficient (Wildman–Crippen LogP) is 3.49. The van der Waals surface area contributed by atoms with E-state index in [2.05, 4.69) is 0 Å². The number of esters is 1. The highest BCUT2D eigenvalue weighted by Crippen LogP contribution is 2.50. The van der Waals surface area contributed by atoms with Gasteiger partial charge in [0.15, 0.2) is 23.0 Å². The Labute approximate surface area is 177 Å². The van der Waals surface area contributed by atoms with Crippen LogP contribution in [0.15, 0.2) is 12.1 Å². The Bertz CT molecular complexity index is 1160. The van der Waals surface area contributed by atoms with Crippen molar-refractivity contribution < 1.29 is 43.9 Å². The first kappa shape index (κ1) is 21.8. The standard InChI is InChI=1S/C22H20O9/c1-9-7-14(24)12(6-5-10(2)23)19-15(9)22(28)31-20-13(8-29-4)17(25)16(21(26)27)11(3)18(20)30-19/h5-7,24-25H,8H2,1-4H3,(H,26,27). The molecule has 3 N–H and O–H groups in total. The van der Waals surface area contributed by atoms with Crippen LogP contribution >= 0.6 is 0 Å². The summed E-state index contributed by atoms with van der Waals surface area (Å²) < 4.78 is 16.5. The second kappa shape index (κ2) is 8.11. The van der Waals surface area contributed by atoms with Crippen LogP contribution in [0.3, 0.4) is 0 Å². The SMILES string of the molecule is COCc1c(O)c(C(=O)O)c(C)c2c1OC(=O)c1c(C)cc(O)c(C=CC(C)=O)c1O2. The fourth-order valence-electron chi connectivity index (χ4n) is 3.38. The minimum atomic E-state index is -1.42. The van der Waals surface area contributed by atoms with E-state index in [1.54, 1.807) is 6.92 Å². The summed E-state index contributed by atoms with van der Waals surface area (Å²) in [5.74, 6) is -3.85. The number of carboxylic acid groups (broad SMARTS) is 1. The molecule has 0 spiro atoms. The van der Waals surface area contributed by atoms with Crippen LogP contribution in [-0.4, -0.2) is 40.2 Å². The van der Waals surface area contributed by atoms with Gasteiger partial charge in [-0.25, -0.2) is 9.59 Å². The second-order valence-corrected chi connectivity index (χ2v) is 6.99. The number of methoxy groups -OCH3 is 1. The average molecular weight is 428 g/mol. The van der Waals surface area contributed by atoms with Crippen molar-refractivity contribution in [1.29, 1.82) is 0 Å². The third-order valence-corrected chi connectivity index (χ3v) is 4.80. The van der Waals surface area contributed by atoms with Gasteiger partial charge in [0.05, 0.1) is 17.7 Å². The highest BCUT2D eigenvalue weighted by Gasteiger charge is 2.35. The smallest absolute Gasteiger partial charge is 0.347 e. The molecule has 0 saturated heterocycles. The van der Waals surface area contributed by atoms with Crippen LogP contribution in [-0.2, 0) is 16.1 Å². The number of aryl methyl sites for hydroxylation is 1. The number of carbonyl (C=O) groups excluding carboxylic acids is 2. The van der Waals surface area contributed by atoms with Gasteiger partial charge in [-0.2, -0.15) is 0 Å². The lowest BCUT2D eigenvalue weighted by molar-refractivity contribution is -0.112. The van der Waals surface area contributed by atoms with E-state index in [4.69, 9.17) is 14.2 Å². The van der Waals surface area contributed by atoms with E-state index in [1.165, 1.54) is 39.2 Å². The lowest BCUT2D eigenvalue weighted by Gasteiger charge is -2.18. The van der Waals surface area contributed by atoms with Crippen LogP contribution in [0.5, 0.6) is 28.7 Å². The molecule has 0 atom stereocenters. The van der Waals surface area contributed by atoms with Gasteiger partial charge in [-0.1, -0.05) is 0 Å². The Balaban J connectivity index is 2.40. The number of fused-ring (bicyclic) bond motifs is 2. The first-order valence-electron chi connectivity index (χ1n) is 9.14. The maximum Gasteiger partial charge on any atom is 0.347 e. The number of aromatic carboxylic acids is 1. The van der Waals surface area contributed by atoms with E-state index < -0.39 is 23.3 Å². The van der Waals surface area contributed by atoms with Crippen molar-refractivity contribution >= 4 is 23.8 Å². The molecule has 0 fully saturated rings. The Kier molecular flexibility index (Phi) is 5.72.